The van der Waals surface area contributed by atoms with E-state index in [9.17, 15) is 4.39 Å². The van der Waals surface area contributed by atoms with Crippen LogP contribution < -0.4 is 5.32 Å². The van der Waals surface area contributed by atoms with E-state index in [-0.39, 0.29) is 11.9 Å². The Hall–Kier alpha value is -1.65. The first-order valence-corrected chi connectivity index (χ1v) is 7.50. The van der Waals surface area contributed by atoms with Gasteiger partial charge in [0, 0.05) is 9.86 Å². The molecule has 1 atom stereocenters. The van der Waals surface area contributed by atoms with Crippen molar-refractivity contribution in [3.05, 3.63) is 69.6 Å². The van der Waals surface area contributed by atoms with E-state index in [2.05, 4.69) is 34.2 Å². The van der Waals surface area contributed by atoms with Crippen LogP contribution in [0.2, 0.25) is 0 Å². The van der Waals surface area contributed by atoms with Gasteiger partial charge in [-0.25, -0.2) is 4.39 Å². The van der Waals surface area contributed by atoms with Crippen molar-refractivity contribution in [3.8, 4) is 0 Å². The fraction of sp³-hybridized carbons (Fsp3) is 0.176. The number of aryl methyl sites for hydroxylation is 1. The van der Waals surface area contributed by atoms with Crippen LogP contribution in [0, 0.1) is 12.7 Å². The lowest BCUT2D eigenvalue weighted by molar-refractivity contribution is 0.490. The molecule has 0 radical (unpaired) electrons. The topological polar surface area (TPSA) is 25.2 Å². The lowest BCUT2D eigenvalue weighted by atomic mass is 10.0. The molecule has 0 bridgehead atoms. The van der Waals surface area contributed by atoms with Crippen molar-refractivity contribution < 1.29 is 8.81 Å². The standard InChI is InChI=1S/C17H15BrFNO/c1-10-3-6-15-11(7-10)8-16(21-15)17(20-2)13-5-4-12(19)9-14(13)18/h3-9,17,20H,1-2H3. The molecule has 21 heavy (non-hydrogen) atoms. The Labute approximate surface area is 131 Å². The molecule has 0 aliphatic carbocycles. The van der Waals surface area contributed by atoms with Gasteiger partial charge < -0.3 is 9.73 Å². The van der Waals surface area contributed by atoms with Crippen molar-refractivity contribution in [2.75, 3.05) is 7.05 Å². The Kier molecular flexibility index (Phi) is 3.83. The molecule has 1 unspecified atom stereocenters. The molecule has 1 heterocycles. The van der Waals surface area contributed by atoms with Gasteiger partial charge in [0.1, 0.15) is 17.2 Å². The first kappa shape index (κ1) is 14.3. The minimum Gasteiger partial charge on any atom is -0.459 e. The zero-order chi connectivity index (χ0) is 15.0. The Morgan fingerprint density at radius 2 is 1.95 bits per heavy atom. The maximum Gasteiger partial charge on any atom is 0.134 e. The second kappa shape index (κ2) is 5.62. The quantitative estimate of drug-likeness (QED) is 0.724. The zero-order valence-corrected chi connectivity index (χ0v) is 13.4. The van der Waals surface area contributed by atoms with Crippen LogP contribution in [-0.4, -0.2) is 7.05 Å². The Bertz CT molecular complexity index is 797. The fourth-order valence-electron chi connectivity index (χ4n) is 2.51. The maximum absolute atomic E-state index is 13.3. The number of fused-ring (bicyclic) bond motifs is 1. The number of hydrogen-bond acceptors (Lipinski definition) is 2. The molecular weight excluding hydrogens is 333 g/mol. The summed E-state index contributed by atoms with van der Waals surface area (Å²) in [5, 5.41) is 4.30. The minimum absolute atomic E-state index is 0.132. The van der Waals surface area contributed by atoms with Gasteiger partial charge in [0.25, 0.3) is 0 Å². The third kappa shape index (κ3) is 2.74. The lowest BCUT2D eigenvalue weighted by Gasteiger charge is -2.15. The van der Waals surface area contributed by atoms with Crippen molar-refractivity contribution >= 4 is 26.9 Å². The van der Waals surface area contributed by atoms with Gasteiger partial charge in [-0.05, 0) is 49.9 Å². The van der Waals surface area contributed by atoms with E-state index >= 15 is 0 Å². The highest BCUT2D eigenvalue weighted by molar-refractivity contribution is 9.10. The second-order valence-electron chi connectivity index (χ2n) is 5.08. The second-order valence-corrected chi connectivity index (χ2v) is 5.93. The summed E-state index contributed by atoms with van der Waals surface area (Å²) in [6.07, 6.45) is 0. The lowest BCUT2D eigenvalue weighted by Crippen LogP contribution is -2.17. The maximum atomic E-state index is 13.3. The van der Waals surface area contributed by atoms with Crippen LogP contribution in [0.25, 0.3) is 11.0 Å². The SMILES string of the molecule is CNC(c1cc2cc(C)ccc2o1)c1ccc(F)cc1Br. The average molecular weight is 348 g/mol. The highest BCUT2D eigenvalue weighted by Crippen LogP contribution is 2.32. The van der Waals surface area contributed by atoms with Crippen molar-refractivity contribution in [1.82, 2.24) is 5.32 Å². The molecule has 2 nitrogen and oxygen atoms in total. The molecule has 0 aliphatic rings. The molecule has 0 aliphatic heterocycles. The van der Waals surface area contributed by atoms with Crippen LogP contribution in [0.15, 0.2) is 51.4 Å². The first-order valence-electron chi connectivity index (χ1n) is 6.71. The number of halogens is 2. The van der Waals surface area contributed by atoms with Crippen molar-refractivity contribution in [2.24, 2.45) is 0 Å². The zero-order valence-electron chi connectivity index (χ0n) is 11.8. The van der Waals surface area contributed by atoms with Gasteiger partial charge in [-0.2, -0.15) is 0 Å². The third-order valence-corrected chi connectivity index (χ3v) is 4.22. The molecule has 0 amide bonds. The molecule has 0 saturated heterocycles. The van der Waals surface area contributed by atoms with Crippen LogP contribution >= 0.6 is 15.9 Å². The van der Waals surface area contributed by atoms with E-state index < -0.39 is 0 Å². The molecule has 0 saturated carbocycles. The average Bonchev–Trinajstić information content (AvgIpc) is 2.84. The molecule has 1 aromatic heterocycles. The molecule has 4 heteroatoms. The van der Waals surface area contributed by atoms with E-state index in [1.54, 1.807) is 6.07 Å². The molecular formula is C17H15BrFNO. The highest BCUT2D eigenvalue weighted by Gasteiger charge is 2.19. The fourth-order valence-corrected chi connectivity index (χ4v) is 3.09. The number of nitrogens with one attached hydrogen (secondary N) is 1. The summed E-state index contributed by atoms with van der Waals surface area (Å²) in [7, 11) is 1.86. The predicted octanol–water partition coefficient (Wildman–Crippen LogP) is 4.95. The van der Waals surface area contributed by atoms with Crippen LogP contribution in [0.5, 0.6) is 0 Å². The van der Waals surface area contributed by atoms with Gasteiger partial charge in [-0.3, -0.25) is 0 Å². The summed E-state index contributed by atoms with van der Waals surface area (Å²) in [6.45, 7) is 2.05. The highest BCUT2D eigenvalue weighted by atomic mass is 79.9. The smallest absolute Gasteiger partial charge is 0.134 e. The molecule has 1 N–H and O–H groups in total. The third-order valence-electron chi connectivity index (χ3n) is 3.54. The number of furan rings is 1. The van der Waals surface area contributed by atoms with E-state index in [1.807, 2.05) is 25.2 Å². The van der Waals surface area contributed by atoms with Gasteiger partial charge in [0.2, 0.25) is 0 Å². The predicted molar refractivity (Wildman–Crippen MR) is 86.0 cm³/mol. The summed E-state index contributed by atoms with van der Waals surface area (Å²) in [5.41, 5.74) is 2.99. The summed E-state index contributed by atoms with van der Waals surface area (Å²) in [4.78, 5) is 0. The summed E-state index contributed by atoms with van der Waals surface area (Å²) in [5.74, 6) is 0.547. The summed E-state index contributed by atoms with van der Waals surface area (Å²) < 4.78 is 19.9. The van der Waals surface area contributed by atoms with Crippen molar-refractivity contribution in [1.29, 1.82) is 0 Å². The van der Waals surface area contributed by atoms with Gasteiger partial charge in [0.05, 0.1) is 6.04 Å². The summed E-state index contributed by atoms with van der Waals surface area (Å²) in [6, 6.07) is 12.7. The van der Waals surface area contributed by atoms with E-state index in [4.69, 9.17) is 4.42 Å². The van der Waals surface area contributed by atoms with Crippen LogP contribution in [-0.2, 0) is 0 Å². The molecule has 0 spiro atoms. The van der Waals surface area contributed by atoms with Gasteiger partial charge in [-0.15, -0.1) is 0 Å². The van der Waals surface area contributed by atoms with Crippen LogP contribution in [0.4, 0.5) is 4.39 Å². The van der Waals surface area contributed by atoms with E-state index in [0.29, 0.717) is 0 Å². The molecule has 2 aromatic carbocycles. The molecule has 3 aromatic rings. The molecule has 0 fully saturated rings. The Balaban J connectivity index is 2.09. The van der Waals surface area contributed by atoms with Gasteiger partial charge in [0.15, 0.2) is 0 Å². The molecule has 3 rings (SSSR count). The Morgan fingerprint density at radius 1 is 1.14 bits per heavy atom. The number of benzene rings is 2. The van der Waals surface area contributed by atoms with Gasteiger partial charge in [-0.1, -0.05) is 33.6 Å². The largest absolute Gasteiger partial charge is 0.459 e. The Morgan fingerprint density at radius 3 is 2.67 bits per heavy atom. The van der Waals surface area contributed by atoms with Crippen molar-refractivity contribution in [2.45, 2.75) is 13.0 Å². The normalized spacial score (nSPS) is 12.8. The van der Waals surface area contributed by atoms with Crippen molar-refractivity contribution in [3.63, 3.8) is 0 Å². The first-order chi connectivity index (χ1) is 10.1. The number of hydrogen-bond donors (Lipinski definition) is 1. The monoisotopic (exact) mass is 347 g/mol. The molecule has 108 valence electrons. The summed E-state index contributed by atoms with van der Waals surface area (Å²) >= 11 is 3.42. The van der Waals surface area contributed by atoms with Crippen LogP contribution in [0.3, 0.4) is 0 Å². The minimum atomic E-state index is -0.263. The number of rotatable bonds is 3. The van der Waals surface area contributed by atoms with E-state index in [0.717, 1.165) is 26.8 Å². The van der Waals surface area contributed by atoms with E-state index in [1.165, 1.54) is 17.7 Å². The van der Waals surface area contributed by atoms with Crippen LogP contribution in [0.1, 0.15) is 22.9 Å². The van der Waals surface area contributed by atoms with Gasteiger partial charge >= 0.3 is 0 Å².